The highest BCUT2D eigenvalue weighted by Crippen LogP contribution is 2.31. The number of benzene rings is 2. The Morgan fingerprint density at radius 1 is 1.23 bits per heavy atom. The van der Waals surface area contributed by atoms with Gasteiger partial charge in [-0.25, -0.2) is 8.42 Å². The molecule has 1 amide bonds. The van der Waals surface area contributed by atoms with E-state index in [1.807, 2.05) is 6.92 Å². The van der Waals surface area contributed by atoms with Gasteiger partial charge in [0.2, 0.25) is 15.9 Å². The Hall–Kier alpha value is -2.09. The van der Waals surface area contributed by atoms with Gasteiger partial charge in [-0.15, -0.1) is 0 Å². The fraction of sp³-hybridized carbons (Fsp3) is 0.278. The lowest BCUT2D eigenvalue weighted by Crippen LogP contribution is -2.52. The van der Waals surface area contributed by atoms with Crippen LogP contribution in [-0.4, -0.2) is 38.3 Å². The van der Waals surface area contributed by atoms with Gasteiger partial charge < -0.3 is 10.1 Å². The molecule has 1 unspecified atom stereocenters. The van der Waals surface area contributed by atoms with Crippen LogP contribution >= 0.6 is 11.6 Å². The van der Waals surface area contributed by atoms with E-state index in [0.717, 1.165) is 0 Å². The van der Waals surface area contributed by atoms with Crippen LogP contribution in [0.2, 0.25) is 5.02 Å². The maximum atomic E-state index is 13.1. The zero-order valence-corrected chi connectivity index (χ0v) is 15.8. The summed E-state index contributed by atoms with van der Waals surface area (Å²) in [6.07, 6.45) is 0. The quantitative estimate of drug-likeness (QED) is 0.845. The molecule has 1 fully saturated rings. The zero-order valence-electron chi connectivity index (χ0n) is 14.2. The Labute approximate surface area is 157 Å². The molecule has 1 aliphatic heterocycles. The summed E-state index contributed by atoms with van der Waals surface area (Å²) < 4.78 is 32.9. The van der Waals surface area contributed by atoms with E-state index >= 15 is 0 Å². The fourth-order valence-corrected chi connectivity index (χ4v) is 4.69. The van der Waals surface area contributed by atoms with E-state index in [1.165, 1.54) is 16.4 Å². The molecule has 0 radical (unpaired) electrons. The lowest BCUT2D eigenvalue weighted by atomic mass is 10.0. The standard InChI is InChI=1S/C18H19ClN2O4S/c1-2-25-15-6-8-16(9-7-15)26(23,24)21-11-10-20-18(22)17(21)13-4-3-5-14(19)12-13/h3-9,12,17H,2,10-11H2,1H3,(H,20,22). The molecule has 2 aromatic carbocycles. The van der Waals surface area contributed by atoms with E-state index in [2.05, 4.69) is 5.32 Å². The lowest BCUT2D eigenvalue weighted by molar-refractivity contribution is -0.126. The third-order valence-corrected chi connectivity index (χ3v) is 6.19. The molecular weight excluding hydrogens is 376 g/mol. The highest BCUT2D eigenvalue weighted by Gasteiger charge is 2.39. The second-order valence-electron chi connectivity index (χ2n) is 5.77. The molecule has 1 aliphatic rings. The number of carbonyl (C=O) groups excluding carboxylic acids is 1. The van der Waals surface area contributed by atoms with Crippen LogP contribution in [-0.2, 0) is 14.8 Å². The van der Waals surface area contributed by atoms with Crippen LogP contribution in [0.1, 0.15) is 18.5 Å². The van der Waals surface area contributed by atoms with Crippen LogP contribution < -0.4 is 10.1 Å². The molecule has 0 spiro atoms. The number of carbonyl (C=O) groups is 1. The van der Waals surface area contributed by atoms with Crippen molar-refractivity contribution in [3.63, 3.8) is 0 Å². The summed E-state index contributed by atoms with van der Waals surface area (Å²) in [5, 5.41) is 3.17. The predicted molar refractivity (Wildman–Crippen MR) is 98.7 cm³/mol. The number of hydrogen-bond donors (Lipinski definition) is 1. The van der Waals surface area contributed by atoms with Gasteiger partial charge in [0.15, 0.2) is 0 Å². The van der Waals surface area contributed by atoms with Crippen molar-refractivity contribution in [2.45, 2.75) is 17.9 Å². The lowest BCUT2D eigenvalue weighted by Gasteiger charge is -2.34. The molecule has 138 valence electrons. The molecule has 6 nitrogen and oxygen atoms in total. The molecule has 8 heteroatoms. The summed E-state index contributed by atoms with van der Waals surface area (Å²) in [5.41, 5.74) is 0.532. The summed E-state index contributed by atoms with van der Waals surface area (Å²) >= 11 is 6.02. The van der Waals surface area contributed by atoms with Crippen molar-refractivity contribution in [2.75, 3.05) is 19.7 Å². The first-order chi connectivity index (χ1) is 12.4. The van der Waals surface area contributed by atoms with Gasteiger partial charge >= 0.3 is 0 Å². The maximum absolute atomic E-state index is 13.1. The van der Waals surface area contributed by atoms with E-state index in [0.29, 0.717) is 22.9 Å². The third kappa shape index (κ3) is 3.70. The molecule has 1 heterocycles. The monoisotopic (exact) mass is 394 g/mol. The molecule has 0 bridgehead atoms. The normalized spacial score (nSPS) is 18.4. The van der Waals surface area contributed by atoms with Gasteiger partial charge in [-0.05, 0) is 48.9 Å². The van der Waals surface area contributed by atoms with E-state index in [-0.39, 0.29) is 23.9 Å². The van der Waals surface area contributed by atoms with E-state index in [9.17, 15) is 13.2 Å². The number of hydrogen-bond acceptors (Lipinski definition) is 4. The highest BCUT2D eigenvalue weighted by molar-refractivity contribution is 7.89. The van der Waals surface area contributed by atoms with Crippen LogP contribution in [0, 0.1) is 0 Å². The van der Waals surface area contributed by atoms with Crippen molar-refractivity contribution in [3.05, 3.63) is 59.1 Å². The average molecular weight is 395 g/mol. The molecule has 1 atom stereocenters. The number of piperazine rings is 1. The Balaban J connectivity index is 1.99. The minimum atomic E-state index is -3.86. The first-order valence-corrected chi connectivity index (χ1v) is 10.0. The third-order valence-electron chi connectivity index (χ3n) is 4.07. The van der Waals surface area contributed by atoms with Crippen LogP contribution in [0.5, 0.6) is 5.75 Å². The molecule has 0 saturated carbocycles. The first kappa shape index (κ1) is 18.7. The van der Waals surface area contributed by atoms with Gasteiger partial charge in [-0.1, -0.05) is 23.7 Å². The number of rotatable bonds is 5. The Bertz CT molecular complexity index is 900. The number of nitrogens with one attached hydrogen (secondary N) is 1. The van der Waals surface area contributed by atoms with Gasteiger partial charge in [0, 0.05) is 18.1 Å². The molecule has 0 aromatic heterocycles. The number of ether oxygens (including phenoxy) is 1. The van der Waals surface area contributed by atoms with Gasteiger partial charge in [0.1, 0.15) is 11.8 Å². The van der Waals surface area contributed by atoms with Crippen LogP contribution in [0.25, 0.3) is 0 Å². The summed E-state index contributed by atoms with van der Waals surface area (Å²) in [6, 6.07) is 11.9. The van der Waals surface area contributed by atoms with Crippen molar-refractivity contribution >= 4 is 27.5 Å². The van der Waals surface area contributed by atoms with Crippen molar-refractivity contribution < 1.29 is 17.9 Å². The SMILES string of the molecule is CCOc1ccc(S(=O)(=O)N2CCNC(=O)C2c2cccc(Cl)c2)cc1. The Morgan fingerprint density at radius 3 is 2.62 bits per heavy atom. The molecule has 26 heavy (non-hydrogen) atoms. The van der Waals surface area contributed by atoms with E-state index in [1.54, 1.807) is 36.4 Å². The van der Waals surface area contributed by atoms with Crippen LogP contribution in [0.15, 0.2) is 53.4 Å². The highest BCUT2D eigenvalue weighted by atomic mass is 35.5. The molecule has 1 saturated heterocycles. The summed E-state index contributed by atoms with van der Waals surface area (Å²) in [6.45, 7) is 2.78. The van der Waals surface area contributed by atoms with Crippen LogP contribution in [0.3, 0.4) is 0 Å². The largest absolute Gasteiger partial charge is 0.494 e. The van der Waals surface area contributed by atoms with E-state index < -0.39 is 16.1 Å². The maximum Gasteiger partial charge on any atom is 0.244 e. The predicted octanol–water partition coefficient (Wildman–Crippen LogP) is 2.60. The molecule has 3 rings (SSSR count). The molecule has 0 aliphatic carbocycles. The van der Waals surface area contributed by atoms with Gasteiger partial charge in [-0.3, -0.25) is 4.79 Å². The molecule has 2 aromatic rings. The Morgan fingerprint density at radius 2 is 1.96 bits per heavy atom. The van der Waals surface area contributed by atoms with Gasteiger partial charge in [-0.2, -0.15) is 4.31 Å². The summed E-state index contributed by atoms with van der Waals surface area (Å²) in [4.78, 5) is 12.6. The molecule has 1 N–H and O–H groups in total. The second-order valence-corrected chi connectivity index (χ2v) is 8.10. The minimum absolute atomic E-state index is 0.114. The Kier molecular flexibility index (Phi) is 5.50. The average Bonchev–Trinajstić information content (AvgIpc) is 2.62. The topological polar surface area (TPSA) is 75.7 Å². The number of amides is 1. The van der Waals surface area contributed by atoms with Crippen molar-refractivity contribution in [1.82, 2.24) is 9.62 Å². The molecular formula is C18H19ClN2O4S. The fourth-order valence-electron chi connectivity index (χ4n) is 2.91. The van der Waals surface area contributed by atoms with Crippen molar-refractivity contribution in [1.29, 1.82) is 0 Å². The van der Waals surface area contributed by atoms with Gasteiger partial charge in [0.05, 0.1) is 11.5 Å². The zero-order chi connectivity index (χ0) is 18.7. The van der Waals surface area contributed by atoms with E-state index in [4.69, 9.17) is 16.3 Å². The second kappa shape index (κ2) is 7.65. The number of halogens is 1. The number of sulfonamides is 1. The number of nitrogens with zero attached hydrogens (tertiary/aromatic N) is 1. The van der Waals surface area contributed by atoms with Crippen molar-refractivity contribution in [3.8, 4) is 5.75 Å². The van der Waals surface area contributed by atoms with Crippen molar-refractivity contribution in [2.24, 2.45) is 0 Å². The van der Waals surface area contributed by atoms with Gasteiger partial charge in [0.25, 0.3) is 0 Å². The smallest absolute Gasteiger partial charge is 0.244 e. The minimum Gasteiger partial charge on any atom is -0.494 e. The van der Waals surface area contributed by atoms with Crippen LogP contribution in [0.4, 0.5) is 0 Å². The summed E-state index contributed by atoms with van der Waals surface area (Å²) in [7, 11) is -3.86. The summed E-state index contributed by atoms with van der Waals surface area (Å²) in [5.74, 6) is 0.224. The first-order valence-electron chi connectivity index (χ1n) is 8.21.